The summed E-state index contributed by atoms with van der Waals surface area (Å²) in [5, 5.41) is 11.0. The second kappa shape index (κ2) is 6.87. The molecule has 1 N–H and O–H groups in total. The van der Waals surface area contributed by atoms with E-state index in [0.29, 0.717) is 17.6 Å². The molecule has 1 aromatic heterocycles. The Kier molecular flexibility index (Phi) is 4.78. The summed E-state index contributed by atoms with van der Waals surface area (Å²) in [6.45, 7) is 4.53. The van der Waals surface area contributed by atoms with E-state index in [-0.39, 0.29) is 16.8 Å². The predicted octanol–water partition coefficient (Wildman–Crippen LogP) is 2.35. The highest BCUT2D eigenvalue weighted by atomic mass is 32.2. The van der Waals surface area contributed by atoms with Crippen LogP contribution in [0.3, 0.4) is 0 Å². The largest absolute Gasteiger partial charge is 0.346 e. The lowest BCUT2D eigenvalue weighted by Crippen LogP contribution is -2.26. The van der Waals surface area contributed by atoms with Crippen LogP contribution in [-0.4, -0.2) is 35.6 Å². The van der Waals surface area contributed by atoms with E-state index in [4.69, 9.17) is 0 Å². The summed E-state index contributed by atoms with van der Waals surface area (Å²) in [4.78, 5) is 12.8. The zero-order valence-electron chi connectivity index (χ0n) is 14.8. The van der Waals surface area contributed by atoms with E-state index < -0.39 is 9.84 Å². The average Bonchev–Trinajstić information content (AvgIpc) is 3.03. The van der Waals surface area contributed by atoms with Crippen molar-refractivity contribution in [3.8, 4) is 0 Å². The van der Waals surface area contributed by atoms with Crippen LogP contribution in [0.2, 0.25) is 0 Å². The number of aryl methyl sites for hydroxylation is 1. The van der Waals surface area contributed by atoms with Crippen molar-refractivity contribution in [3.63, 3.8) is 0 Å². The lowest BCUT2D eigenvalue weighted by atomic mass is 10.1. The van der Waals surface area contributed by atoms with Gasteiger partial charge in [0.2, 0.25) is 0 Å². The van der Waals surface area contributed by atoms with E-state index in [9.17, 15) is 13.2 Å². The maximum Gasteiger partial charge on any atom is 0.251 e. The Labute approximate surface area is 151 Å². The Hall–Kier alpha value is -2.74. The molecule has 0 aliphatic carbocycles. The number of nitrogens with one attached hydrogen (secondary N) is 1. The molecule has 7 nitrogen and oxygen atoms in total. The first-order valence-electron chi connectivity index (χ1n) is 8.23. The van der Waals surface area contributed by atoms with Crippen LogP contribution in [0.15, 0.2) is 47.4 Å². The molecule has 1 heterocycles. The fourth-order valence-electron chi connectivity index (χ4n) is 2.71. The summed E-state index contributed by atoms with van der Waals surface area (Å²) in [7, 11) is -3.23. The molecule has 0 saturated heterocycles. The molecule has 1 atom stereocenters. The Morgan fingerprint density at radius 3 is 2.50 bits per heavy atom. The third kappa shape index (κ3) is 3.60. The van der Waals surface area contributed by atoms with Crippen molar-refractivity contribution in [2.75, 3.05) is 6.26 Å². The van der Waals surface area contributed by atoms with Gasteiger partial charge in [-0.05, 0) is 49.7 Å². The third-order valence-electron chi connectivity index (χ3n) is 4.23. The average molecular weight is 372 g/mol. The van der Waals surface area contributed by atoms with E-state index in [1.807, 2.05) is 19.9 Å². The highest BCUT2D eigenvalue weighted by molar-refractivity contribution is 7.90. The van der Waals surface area contributed by atoms with Gasteiger partial charge in [0.05, 0.1) is 16.5 Å². The molecule has 3 aromatic rings. The first-order valence-corrected chi connectivity index (χ1v) is 10.1. The Bertz CT molecular complexity index is 1060. The molecule has 0 aliphatic heterocycles. The fraction of sp³-hybridized carbons (Fsp3) is 0.278. The summed E-state index contributed by atoms with van der Waals surface area (Å²) >= 11 is 0. The lowest BCUT2D eigenvalue weighted by molar-refractivity contribution is 0.0940. The van der Waals surface area contributed by atoms with Crippen LogP contribution in [-0.2, 0) is 16.4 Å². The summed E-state index contributed by atoms with van der Waals surface area (Å²) < 4.78 is 24.8. The highest BCUT2D eigenvalue weighted by Gasteiger charge is 2.14. The molecule has 2 aromatic carbocycles. The minimum absolute atomic E-state index is 0.224. The molecule has 0 bridgehead atoms. The number of amides is 1. The van der Waals surface area contributed by atoms with Crippen LogP contribution in [0.5, 0.6) is 0 Å². The molecule has 0 radical (unpaired) electrons. The number of hydrogen-bond donors (Lipinski definition) is 1. The van der Waals surface area contributed by atoms with Gasteiger partial charge in [0.25, 0.3) is 5.91 Å². The first kappa shape index (κ1) is 18.1. The van der Waals surface area contributed by atoms with Crippen molar-refractivity contribution in [1.82, 2.24) is 20.3 Å². The molecule has 0 spiro atoms. The van der Waals surface area contributed by atoms with Crippen molar-refractivity contribution < 1.29 is 13.2 Å². The number of sulfone groups is 1. The molecule has 1 amide bonds. The molecular weight excluding hydrogens is 352 g/mol. The summed E-state index contributed by atoms with van der Waals surface area (Å²) in [6.07, 6.45) is 1.16. The molecule has 0 unspecified atom stereocenters. The number of nitrogens with zero attached hydrogens (tertiary/aromatic N) is 3. The summed E-state index contributed by atoms with van der Waals surface area (Å²) in [5.74, 6) is -0.224. The number of carbonyl (C=O) groups excluding carboxylic acids is 1. The maximum atomic E-state index is 12.5. The van der Waals surface area contributed by atoms with Crippen LogP contribution < -0.4 is 5.32 Å². The third-order valence-corrected chi connectivity index (χ3v) is 5.36. The van der Waals surface area contributed by atoms with Gasteiger partial charge in [0.15, 0.2) is 9.84 Å². The van der Waals surface area contributed by atoms with Crippen LogP contribution in [0, 0.1) is 0 Å². The normalized spacial score (nSPS) is 12.9. The second-order valence-corrected chi connectivity index (χ2v) is 8.16. The molecule has 136 valence electrons. The lowest BCUT2D eigenvalue weighted by Gasteiger charge is -2.15. The predicted molar refractivity (Wildman–Crippen MR) is 98.6 cm³/mol. The van der Waals surface area contributed by atoms with Gasteiger partial charge in [-0.15, -0.1) is 5.10 Å². The molecule has 3 rings (SSSR count). The van der Waals surface area contributed by atoms with Gasteiger partial charge in [0, 0.05) is 18.4 Å². The maximum absolute atomic E-state index is 12.5. The number of fused-ring (bicyclic) bond motifs is 1. The standard InChI is InChI=1S/C18H20N4O3S/c1-4-22-17-10-7-14(11-16(17)20-21-22)18(23)19-12(2)13-5-8-15(9-6-13)26(3,24)25/h5-12H,4H2,1-3H3,(H,19,23)/t12-/m1/s1. The van der Waals surface area contributed by atoms with Crippen LogP contribution in [0.1, 0.15) is 35.8 Å². The smallest absolute Gasteiger partial charge is 0.251 e. The number of hydrogen-bond acceptors (Lipinski definition) is 5. The molecule has 26 heavy (non-hydrogen) atoms. The van der Waals surface area contributed by atoms with Crippen molar-refractivity contribution >= 4 is 26.8 Å². The summed E-state index contributed by atoms with van der Waals surface area (Å²) in [5.41, 5.74) is 2.88. The van der Waals surface area contributed by atoms with E-state index in [2.05, 4.69) is 15.6 Å². The van der Waals surface area contributed by atoms with Gasteiger partial charge >= 0.3 is 0 Å². The van der Waals surface area contributed by atoms with Crippen molar-refractivity contribution in [3.05, 3.63) is 53.6 Å². The van der Waals surface area contributed by atoms with E-state index in [0.717, 1.165) is 17.3 Å². The van der Waals surface area contributed by atoms with Crippen LogP contribution >= 0.6 is 0 Å². The van der Waals surface area contributed by atoms with E-state index >= 15 is 0 Å². The minimum Gasteiger partial charge on any atom is -0.346 e. The van der Waals surface area contributed by atoms with Crippen molar-refractivity contribution in [1.29, 1.82) is 0 Å². The number of benzene rings is 2. The Morgan fingerprint density at radius 2 is 1.88 bits per heavy atom. The van der Waals surface area contributed by atoms with E-state index in [1.54, 1.807) is 41.1 Å². The molecule has 0 fully saturated rings. The monoisotopic (exact) mass is 372 g/mol. The fourth-order valence-corrected chi connectivity index (χ4v) is 3.34. The molecular formula is C18H20N4O3S. The zero-order chi connectivity index (χ0) is 18.9. The quantitative estimate of drug-likeness (QED) is 0.742. The van der Waals surface area contributed by atoms with Gasteiger partial charge in [0.1, 0.15) is 5.52 Å². The van der Waals surface area contributed by atoms with Gasteiger partial charge in [-0.1, -0.05) is 17.3 Å². The Morgan fingerprint density at radius 1 is 1.19 bits per heavy atom. The number of carbonyl (C=O) groups is 1. The first-order chi connectivity index (χ1) is 12.3. The van der Waals surface area contributed by atoms with Crippen LogP contribution in [0.25, 0.3) is 11.0 Å². The highest BCUT2D eigenvalue weighted by Crippen LogP contribution is 2.18. The van der Waals surface area contributed by atoms with Crippen LogP contribution in [0.4, 0.5) is 0 Å². The minimum atomic E-state index is -3.23. The molecule has 8 heteroatoms. The molecule has 0 saturated carbocycles. The van der Waals surface area contributed by atoms with Gasteiger partial charge in [-0.2, -0.15) is 0 Å². The Balaban J connectivity index is 1.76. The van der Waals surface area contributed by atoms with Crippen molar-refractivity contribution in [2.45, 2.75) is 31.3 Å². The SMILES string of the molecule is CCn1nnc2cc(C(=O)N[C@H](C)c3ccc(S(C)(=O)=O)cc3)ccc21. The van der Waals surface area contributed by atoms with Gasteiger partial charge in [-0.25, -0.2) is 13.1 Å². The zero-order valence-corrected chi connectivity index (χ0v) is 15.6. The number of rotatable bonds is 5. The topological polar surface area (TPSA) is 93.9 Å². The van der Waals surface area contributed by atoms with E-state index in [1.165, 1.54) is 0 Å². The second-order valence-electron chi connectivity index (χ2n) is 6.15. The van der Waals surface area contributed by atoms with Crippen molar-refractivity contribution in [2.24, 2.45) is 0 Å². The molecule has 0 aliphatic rings. The number of aromatic nitrogens is 3. The van der Waals surface area contributed by atoms with Gasteiger partial charge < -0.3 is 5.32 Å². The van der Waals surface area contributed by atoms with Gasteiger partial charge in [-0.3, -0.25) is 4.79 Å². The summed E-state index contributed by atoms with van der Waals surface area (Å²) in [6, 6.07) is 11.5.